The predicted octanol–water partition coefficient (Wildman–Crippen LogP) is -2.60. The van der Waals surface area contributed by atoms with Crippen molar-refractivity contribution in [1.82, 2.24) is 9.55 Å². The van der Waals surface area contributed by atoms with Crippen molar-refractivity contribution in [1.29, 1.82) is 0 Å². The molecule has 5 N–H and O–H groups in total. The molecule has 0 radical (unpaired) electrons. The number of halogens is 1. The van der Waals surface area contributed by atoms with Crippen LogP contribution in [0.3, 0.4) is 0 Å². The first-order valence-corrected chi connectivity index (χ1v) is 7.36. The van der Waals surface area contributed by atoms with E-state index in [4.69, 9.17) is 14.5 Å². The SMILES string of the molecule is O=c1[nH]c(=O)n([C@@H]2O[C@H](COP(=O)(O)O)[C@@H](O)[C@@H]2O)cc1F. The monoisotopic (exact) mass is 342 g/mol. The van der Waals surface area contributed by atoms with Crippen LogP contribution in [0.5, 0.6) is 0 Å². The lowest BCUT2D eigenvalue weighted by Gasteiger charge is -2.16. The molecule has 0 saturated carbocycles. The van der Waals surface area contributed by atoms with E-state index in [1.165, 1.54) is 0 Å². The highest BCUT2D eigenvalue weighted by molar-refractivity contribution is 7.46. The summed E-state index contributed by atoms with van der Waals surface area (Å²) in [4.78, 5) is 41.3. The van der Waals surface area contributed by atoms with Crippen molar-refractivity contribution in [2.45, 2.75) is 24.5 Å². The van der Waals surface area contributed by atoms with Crippen LogP contribution in [0.15, 0.2) is 15.8 Å². The topological polar surface area (TPSA) is 171 Å². The van der Waals surface area contributed by atoms with E-state index in [1.54, 1.807) is 4.98 Å². The molecule has 1 aliphatic heterocycles. The normalized spacial score (nSPS) is 29.0. The number of aromatic nitrogens is 2. The summed E-state index contributed by atoms with van der Waals surface area (Å²) >= 11 is 0. The number of H-pyrrole nitrogens is 1. The lowest BCUT2D eigenvalue weighted by atomic mass is 10.1. The molecule has 22 heavy (non-hydrogen) atoms. The van der Waals surface area contributed by atoms with E-state index in [0.717, 1.165) is 0 Å². The smallest absolute Gasteiger partial charge is 0.387 e. The zero-order chi connectivity index (χ0) is 16.7. The molecule has 1 aromatic heterocycles. The van der Waals surface area contributed by atoms with Gasteiger partial charge in [-0.05, 0) is 0 Å². The van der Waals surface area contributed by atoms with Crippen LogP contribution in [0.25, 0.3) is 0 Å². The van der Waals surface area contributed by atoms with Gasteiger partial charge >= 0.3 is 13.5 Å². The number of rotatable bonds is 4. The van der Waals surface area contributed by atoms with Crippen LogP contribution in [0.1, 0.15) is 6.23 Å². The second-order valence-corrected chi connectivity index (χ2v) is 5.72. The molecule has 2 rings (SSSR count). The minimum atomic E-state index is -4.83. The minimum Gasteiger partial charge on any atom is -0.387 e. The highest BCUT2D eigenvalue weighted by Gasteiger charge is 2.45. The van der Waals surface area contributed by atoms with E-state index in [9.17, 15) is 28.8 Å². The number of aliphatic hydroxyl groups excluding tert-OH is 2. The second kappa shape index (κ2) is 6.01. The molecule has 1 aromatic rings. The largest absolute Gasteiger partial charge is 0.469 e. The third-order valence-corrected chi connectivity index (χ3v) is 3.43. The fraction of sp³-hybridized carbons (Fsp3) is 0.556. The van der Waals surface area contributed by atoms with Crippen LogP contribution in [-0.2, 0) is 13.8 Å². The van der Waals surface area contributed by atoms with Gasteiger partial charge in [-0.1, -0.05) is 0 Å². The van der Waals surface area contributed by atoms with Gasteiger partial charge in [-0.15, -0.1) is 0 Å². The number of nitrogens with zero attached hydrogens (tertiary/aromatic N) is 1. The number of phosphoric acid groups is 1. The highest BCUT2D eigenvalue weighted by Crippen LogP contribution is 2.38. The Morgan fingerprint density at radius 2 is 2.00 bits per heavy atom. The van der Waals surface area contributed by atoms with E-state index < -0.39 is 56.0 Å². The van der Waals surface area contributed by atoms with E-state index in [2.05, 4.69) is 4.52 Å². The van der Waals surface area contributed by atoms with Gasteiger partial charge in [-0.2, -0.15) is 4.39 Å². The Morgan fingerprint density at radius 1 is 1.36 bits per heavy atom. The summed E-state index contributed by atoms with van der Waals surface area (Å²) in [7, 11) is -4.83. The molecule has 1 saturated heterocycles. The molecule has 2 heterocycles. The van der Waals surface area contributed by atoms with Crippen molar-refractivity contribution in [2.24, 2.45) is 0 Å². The molecular weight excluding hydrogens is 330 g/mol. The average molecular weight is 342 g/mol. The summed E-state index contributed by atoms with van der Waals surface area (Å²) < 4.78 is 33.5. The Balaban J connectivity index is 2.23. The number of hydrogen-bond acceptors (Lipinski definition) is 7. The molecule has 0 aromatic carbocycles. The van der Waals surface area contributed by atoms with Crippen molar-refractivity contribution in [3.8, 4) is 0 Å². The maximum absolute atomic E-state index is 13.2. The minimum absolute atomic E-state index is 0.480. The first-order valence-electron chi connectivity index (χ1n) is 5.83. The second-order valence-electron chi connectivity index (χ2n) is 4.48. The van der Waals surface area contributed by atoms with Crippen molar-refractivity contribution in [3.05, 3.63) is 32.9 Å². The van der Waals surface area contributed by atoms with Gasteiger partial charge in [0.15, 0.2) is 6.23 Å². The van der Waals surface area contributed by atoms with Gasteiger partial charge in [0.1, 0.15) is 18.3 Å². The Bertz CT molecular complexity index is 712. The van der Waals surface area contributed by atoms with E-state index >= 15 is 0 Å². The van der Waals surface area contributed by atoms with Gasteiger partial charge < -0.3 is 24.7 Å². The fourth-order valence-electron chi connectivity index (χ4n) is 1.92. The van der Waals surface area contributed by atoms with E-state index in [1.807, 2.05) is 0 Å². The van der Waals surface area contributed by atoms with Crippen LogP contribution < -0.4 is 11.2 Å². The molecule has 1 aliphatic rings. The van der Waals surface area contributed by atoms with Crippen molar-refractivity contribution < 1.29 is 38.2 Å². The molecule has 0 unspecified atom stereocenters. The van der Waals surface area contributed by atoms with Crippen LogP contribution >= 0.6 is 7.82 Å². The van der Waals surface area contributed by atoms with Crippen LogP contribution in [0.4, 0.5) is 4.39 Å². The Hall–Kier alpha value is -1.40. The van der Waals surface area contributed by atoms with Gasteiger partial charge in [0.2, 0.25) is 5.82 Å². The molecule has 1 fully saturated rings. The van der Waals surface area contributed by atoms with Gasteiger partial charge in [0.05, 0.1) is 12.8 Å². The fourth-order valence-corrected chi connectivity index (χ4v) is 2.26. The van der Waals surface area contributed by atoms with E-state index in [-0.39, 0.29) is 0 Å². The molecule has 13 heteroatoms. The van der Waals surface area contributed by atoms with Crippen LogP contribution in [-0.4, -0.2) is 54.5 Å². The standard InChI is InChI=1S/C9H12FN2O9P/c10-3-1-12(9(16)11-7(3)15)8-6(14)5(13)4(21-8)2-20-22(17,18)19/h1,4-6,8,13-14H,2H2,(H,11,15,16)(H2,17,18,19)/t4-,5-,6+,8-/m1/s1. The van der Waals surface area contributed by atoms with Gasteiger partial charge in [0, 0.05) is 0 Å². The summed E-state index contributed by atoms with van der Waals surface area (Å²) in [5.41, 5.74) is -2.37. The number of phosphoric ester groups is 1. The zero-order valence-corrected chi connectivity index (χ0v) is 11.6. The number of nitrogens with one attached hydrogen (secondary N) is 1. The molecule has 0 spiro atoms. The molecule has 11 nitrogen and oxygen atoms in total. The third kappa shape index (κ3) is 3.50. The van der Waals surface area contributed by atoms with Crippen molar-refractivity contribution >= 4 is 7.82 Å². The zero-order valence-electron chi connectivity index (χ0n) is 10.7. The van der Waals surface area contributed by atoms with Gasteiger partial charge in [0.25, 0.3) is 5.56 Å². The number of ether oxygens (including phenoxy) is 1. The average Bonchev–Trinajstić information content (AvgIpc) is 2.68. The molecule has 4 atom stereocenters. The van der Waals surface area contributed by atoms with E-state index in [0.29, 0.717) is 10.8 Å². The van der Waals surface area contributed by atoms with Crippen molar-refractivity contribution in [2.75, 3.05) is 6.61 Å². The maximum Gasteiger partial charge on any atom is 0.469 e. The third-order valence-electron chi connectivity index (χ3n) is 2.94. The molecule has 0 bridgehead atoms. The quantitative estimate of drug-likeness (QED) is 0.368. The Morgan fingerprint density at radius 3 is 2.59 bits per heavy atom. The van der Waals surface area contributed by atoms with Crippen LogP contribution in [0.2, 0.25) is 0 Å². The molecule has 124 valence electrons. The summed E-state index contributed by atoms with van der Waals surface area (Å²) in [6, 6.07) is 0. The highest BCUT2D eigenvalue weighted by atomic mass is 31.2. The van der Waals surface area contributed by atoms with Crippen molar-refractivity contribution in [3.63, 3.8) is 0 Å². The summed E-state index contributed by atoms with van der Waals surface area (Å²) in [5, 5.41) is 19.5. The number of aliphatic hydroxyl groups is 2. The first kappa shape index (κ1) is 17.0. The number of hydrogen-bond donors (Lipinski definition) is 5. The molecule has 0 aliphatic carbocycles. The summed E-state index contributed by atoms with van der Waals surface area (Å²) in [5.74, 6) is -1.32. The lowest BCUT2D eigenvalue weighted by molar-refractivity contribution is -0.0547. The summed E-state index contributed by atoms with van der Waals surface area (Å²) in [6.45, 7) is -0.778. The maximum atomic E-state index is 13.2. The predicted molar refractivity (Wildman–Crippen MR) is 65.2 cm³/mol. The Labute approximate surface area is 120 Å². The molecule has 0 amide bonds. The summed E-state index contributed by atoms with van der Waals surface area (Å²) in [6.07, 6.45) is -5.84. The molecular formula is C9H12FN2O9P. The number of aromatic amines is 1. The first-order chi connectivity index (χ1) is 10.1. The van der Waals surface area contributed by atoms with Gasteiger partial charge in [-0.25, -0.2) is 9.36 Å². The Kier molecular flexibility index (Phi) is 4.63. The van der Waals surface area contributed by atoms with Gasteiger partial charge in [-0.3, -0.25) is 18.9 Å². The van der Waals surface area contributed by atoms with Crippen LogP contribution in [0, 0.1) is 5.82 Å². The lowest BCUT2D eigenvalue weighted by Crippen LogP contribution is -2.38.